The van der Waals surface area contributed by atoms with Crippen LogP contribution in [-0.4, -0.2) is 10.9 Å². The summed E-state index contributed by atoms with van der Waals surface area (Å²) >= 11 is 0. The third-order valence-electron chi connectivity index (χ3n) is 1.99. The first-order valence-corrected chi connectivity index (χ1v) is 3.98. The van der Waals surface area contributed by atoms with E-state index in [1.165, 1.54) is 0 Å². The molecule has 0 spiro atoms. The molecule has 2 aromatic rings. The van der Waals surface area contributed by atoms with Crippen LogP contribution in [0.2, 0.25) is 0 Å². The Labute approximate surface area is 75.3 Å². The van der Waals surface area contributed by atoms with Crippen LogP contribution in [0.1, 0.15) is 12.7 Å². The van der Waals surface area contributed by atoms with Gasteiger partial charge in [-0.15, -0.1) is 0 Å². The zero-order valence-electron chi connectivity index (χ0n) is 7.19. The molecule has 0 atom stereocenters. The van der Waals surface area contributed by atoms with Crippen molar-refractivity contribution >= 4 is 16.5 Å². The number of hydrogen-bond donors (Lipinski definition) is 1. The van der Waals surface area contributed by atoms with Gasteiger partial charge in [-0.2, -0.15) is 0 Å². The summed E-state index contributed by atoms with van der Waals surface area (Å²) in [5.41, 5.74) is 0.487. The summed E-state index contributed by atoms with van der Waals surface area (Å²) in [7, 11) is 0. The number of hydrogen-bond acceptors (Lipinski definition) is 3. The predicted molar refractivity (Wildman–Crippen MR) is 50.2 cm³/mol. The fourth-order valence-corrected chi connectivity index (χ4v) is 1.32. The van der Waals surface area contributed by atoms with Crippen LogP contribution in [0, 0.1) is 0 Å². The van der Waals surface area contributed by atoms with E-state index in [0.29, 0.717) is 11.5 Å². The Balaban J connectivity index is 2.71. The first-order chi connectivity index (χ1) is 6.33. The Bertz CT molecular complexity index is 457. The fourth-order valence-electron chi connectivity index (χ4n) is 1.32. The van der Waals surface area contributed by atoms with Gasteiger partial charge < -0.3 is 9.62 Å². The number of furan rings is 1. The molecule has 66 valence electrons. The zero-order chi connectivity index (χ0) is 9.26. The van der Waals surface area contributed by atoms with Crippen molar-refractivity contribution in [3.8, 4) is 0 Å². The Hall–Kier alpha value is -1.77. The molecule has 0 aliphatic heterocycles. The molecule has 0 saturated heterocycles. The molecule has 0 aliphatic rings. The SMILES string of the molecule is CC(=NO)c1occ2ccccc12. The molecule has 1 heterocycles. The number of fused-ring (bicyclic) bond motifs is 1. The second kappa shape index (κ2) is 2.94. The molecule has 1 aromatic heterocycles. The van der Waals surface area contributed by atoms with E-state index in [1.807, 2.05) is 24.3 Å². The van der Waals surface area contributed by atoms with Crippen molar-refractivity contribution in [2.75, 3.05) is 0 Å². The van der Waals surface area contributed by atoms with Crippen LogP contribution in [0.25, 0.3) is 10.8 Å². The molecule has 1 aromatic carbocycles. The number of oxime groups is 1. The van der Waals surface area contributed by atoms with Gasteiger partial charge in [0.15, 0.2) is 5.76 Å². The average Bonchev–Trinajstić information content (AvgIpc) is 2.60. The van der Waals surface area contributed by atoms with Gasteiger partial charge in [-0.1, -0.05) is 29.4 Å². The molecular weight excluding hydrogens is 166 g/mol. The molecule has 0 fully saturated rings. The van der Waals surface area contributed by atoms with Crippen LogP contribution >= 0.6 is 0 Å². The lowest BCUT2D eigenvalue weighted by Crippen LogP contribution is -1.91. The van der Waals surface area contributed by atoms with Gasteiger partial charge in [0.1, 0.15) is 5.71 Å². The topological polar surface area (TPSA) is 45.7 Å². The first kappa shape index (κ1) is 7.86. The maximum absolute atomic E-state index is 8.59. The molecule has 0 radical (unpaired) electrons. The lowest BCUT2D eigenvalue weighted by Gasteiger charge is -1.92. The van der Waals surface area contributed by atoms with Crippen molar-refractivity contribution < 1.29 is 9.62 Å². The Morgan fingerprint density at radius 1 is 1.38 bits per heavy atom. The van der Waals surface area contributed by atoms with Crippen molar-refractivity contribution in [3.63, 3.8) is 0 Å². The number of nitrogens with zero attached hydrogens (tertiary/aromatic N) is 1. The molecule has 0 aliphatic carbocycles. The number of benzene rings is 1. The average molecular weight is 175 g/mol. The van der Waals surface area contributed by atoms with Gasteiger partial charge in [-0.25, -0.2) is 0 Å². The third kappa shape index (κ3) is 1.18. The van der Waals surface area contributed by atoms with Gasteiger partial charge in [0.05, 0.1) is 6.26 Å². The summed E-state index contributed by atoms with van der Waals surface area (Å²) in [6.07, 6.45) is 1.65. The lowest BCUT2D eigenvalue weighted by molar-refractivity contribution is 0.317. The van der Waals surface area contributed by atoms with E-state index >= 15 is 0 Å². The Morgan fingerprint density at radius 3 is 2.92 bits per heavy atom. The fraction of sp³-hybridized carbons (Fsp3) is 0.100. The molecule has 0 amide bonds. The molecule has 0 saturated carbocycles. The standard InChI is InChI=1S/C10H9NO2/c1-7(11-12)10-9-5-3-2-4-8(9)6-13-10/h2-6,12H,1H3. The van der Waals surface area contributed by atoms with Gasteiger partial charge >= 0.3 is 0 Å². The molecule has 3 heteroatoms. The Morgan fingerprint density at radius 2 is 2.15 bits per heavy atom. The van der Waals surface area contributed by atoms with E-state index in [2.05, 4.69) is 5.16 Å². The van der Waals surface area contributed by atoms with Crippen molar-refractivity contribution in [1.82, 2.24) is 0 Å². The van der Waals surface area contributed by atoms with Gasteiger partial charge in [0.25, 0.3) is 0 Å². The lowest BCUT2D eigenvalue weighted by atomic mass is 10.1. The highest BCUT2D eigenvalue weighted by molar-refractivity contribution is 6.07. The van der Waals surface area contributed by atoms with Gasteiger partial charge in [-0.05, 0) is 6.92 Å². The number of rotatable bonds is 1. The summed E-state index contributed by atoms with van der Waals surface area (Å²) in [6.45, 7) is 1.70. The van der Waals surface area contributed by atoms with Gasteiger partial charge in [0.2, 0.25) is 0 Å². The predicted octanol–water partition coefficient (Wildman–Crippen LogP) is 2.63. The molecule has 13 heavy (non-hydrogen) atoms. The highest BCUT2D eigenvalue weighted by Crippen LogP contribution is 2.20. The van der Waals surface area contributed by atoms with E-state index < -0.39 is 0 Å². The Kier molecular flexibility index (Phi) is 1.77. The van der Waals surface area contributed by atoms with Crippen LogP contribution in [0.3, 0.4) is 0 Å². The summed E-state index contributed by atoms with van der Waals surface area (Å²) in [5.74, 6) is 0.623. The normalized spacial score (nSPS) is 12.2. The molecular formula is C10H9NO2. The summed E-state index contributed by atoms with van der Waals surface area (Å²) in [5, 5.41) is 13.7. The molecule has 0 bridgehead atoms. The smallest absolute Gasteiger partial charge is 0.158 e. The highest BCUT2D eigenvalue weighted by atomic mass is 16.4. The monoisotopic (exact) mass is 175 g/mol. The summed E-state index contributed by atoms with van der Waals surface area (Å²) < 4.78 is 5.28. The van der Waals surface area contributed by atoms with Crippen molar-refractivity contribution in [1.29, 1.82) is 0 Å². The maximum atomic E-state index is 8.59. The molecule has 3 nitrogen and oxygen atoms in total. The summed E-state index contributed by atoms with van der Waals surface area (Å²) in [6, 6.07) is 7.74. The van der Waals surface area contributed by atoms with Crippen LogP contribution in [0.15, 0.2) is 40.1 Å². The minimum absolute atomic E-state index is 0.487. The van der Waals surface area contributed by atoms with Crippen LogP contribution < -0.4 is 0 Å². The van der Waals surface area contributed by atoms with Crippen molar-refractivity contribution in [2.24, 2.45) is 5.16 Å². The van der Waals surface area contributed by atoms with E-state index in [-0.39, 0.29) is 0 Å². The van der Waals surface area contributed by atoms with E-state index in [4.69, 9.17) is 9.62 Å². The quantitative estimate of drug-likeness (QED) is 0.411. The molecule has 1 N–H and O–H groups in total. The minimum Gasteiger partial charge on any atom is -0.462 e. The third-order valence-corrected chi connectivity index (χ3v) is 1.99. The summed E-state index contributed by atoms with van der Waals surface area (Å²) in [4.78, 5) is 0. The second-order valence-electron chi connectivity index (χ2n) is 2.84. The second-order valence-corrected chi connectivity index (χ2v) is 2.84. The van der Waals surface area contributed by atoms with Crippen molar-refractivity contribution in [2.45, 2.75) is 6.92 Å². The highest BCUT2D eigenvalue weighted by Gasteiger charge is 2.07. The van der Waals surface area contributed by atoms with E-state index in [9.17, 15) is 0 Å². The van der Waals surface area contributed by atoms with Gasteiger partial charge in [0, 0.05) is 10.8 Å². The van der Waals surface area contributed by atoms with Crippen LogP contribution in [0.4, 0.5) is 0 Å². The van der Waals surface area contributed by atoms with E-state index in [1.54, 1.807) is 13.2 Å². The zero-order valence-corrected chi connectivity index (χ0v) is 7.19. The van der Waals surface area contributed by atoms with Gasteiger partial charge in [-0.3, -0.25) is 0 Å². The maximum Gasteiger partial charge on any atom is 0.158 e. The minimum atomic E-state index is 0.487. The van der Waals surface area contributed by atoms with Crippen LogP contribution in [0.5, 0.6) is 0 Å². The largest absolute Gasteiger partial charge is 0.462 e. The van der Waals surface area contributed by atoms with E-state index in [0.717, 1.165) is 10.8 Å². The van der Waals surface area contributed by atoms with Crippen LogP contribution in [-0.2, 0) is 0 Å². The molecule has 2 rings (SSSR count). The first-order valence-electron chi connectivity index (χ1n) is 3.98. The van der Waals surface area contributed by atoms with Crippen molar-refractivity contribution in [3.05, 3.63) is 36.3 Å². The molecule has 0 unspecified atom stereocenters.